The van der Waals surface area contributed by atoms with Crippen LogP contribution in [0.4, 0.5) is 5.69 Å². The van der Waals surface area contributed by atoms with Crippen molar-refractivity contribution >= 4 is 68.9 Å². The number of benzene rings is 4. The van der Waals surface area contributed by atoms with Gasteiger partial charge in [-0.05, 0) is 103 Å². The van der Waals surface area contributed by atoms with Crippen molar-refractivity contribution in [3.8, 4) is 0 Å². The van der Waals surface area contributed by atoms with Crippen LogP contribution in [0.1, 0.15) is 89.1 Å². The van der Waals surface area contributed by atoms with Gasteiger partial charge < -0.3 is 4.98 Å². The average molecular weight is 636 g/mol. The Balaban J connectivity index is 1.17. The predicted molar refractivity (Wildman–Crippen MR) is 181 cm³/mol. The third kappa shape index (κ3) is 3.89. The van der Waals surface area contributed by atoms with E-state index in [9.17, 15) is 24.0 Å². The summed E-state index contributed by atoms with van der Waals surface area (Å²) in [4.78, 5) is 78.4. The molecule has 8 nitrogen and oxygen atoms in total. The quantitative estimate of drug-likeness (QED) is 0.132. The topological polar surface area (TPSA) is 117 Å². The molecule has 47 heavy (non-hydrogen) atoms. The number of H-pyrrole nitrogens is 1. The van der Waals surface area contributed by atoms with E-state index in [0.29, 0.717) is 26.9 Å². The first-order valence-corrected chi connectivity index (χ1v) is 16.1. The standard InChI is InChI=1S/C38H25N3O5S/c42-33-23-10-12-25-31-26(13-11-24(30(23)31)34(43)32(33)35-39-28-15-9-19(47)17-27(28)36(44)40-35)38(46)41(37(25)45)29-16-14-20(18-5-1-2-6-18)21-7-3-4-8-22(21)29/h1-2,5,9-17,32,47H,3-4,6-8H2,(H,39,40,44). The van der Waals surface area contributed by atoms with Crippen molar-refractivity contribution in [3.63, 3.8) is 0 Å². The van der Waals surface area contributed by atoms with Gasteiger partial charge >= 0.3 is 0 Å². The van der Waals surface area contributed by atoms with Gasteiger partial charge in [0.25, 0.3) is 17.4 Å². The van der Waals surface area contributed by atoms with Crippen LogP contribution in [0.5, 0.6) is 0 Å². The maximum absolute atomic E-state index is 14.3. The molecule has 1 N–H and O–H groups in total. The van der Waals surface area contributed by atoms with Crippen LogP contribution in [0.2, 0.25) is 0 Å². The Hall–Kier alpha value is -5.41. The summed E-state index contributed by atoms with van der Waals surface area (Å²) in [6.07, 6.45) is 10.8. The number of fused-ring (bicyclic) bond motifs is 2. The number of aromatic amines is 1. The summed E-state index contributed by atoms with van der Waals surface area (Å²) in [5.41, 5.74) is 5.98. The lowest BCUT2D eigenvalue weighted by Crippen LogP contribution is -2.42. The zero-order valence-electron chi connectivity index (χ0n) is 24.9. The van der Waals surface area contributed by atoms with Gasteiger partial charge in [-0.1, -0.05) is 24.3 Å². The molecular formula is C38H25N3O5S. The van der Waals surface area contributed by atoms with Crippen LogP contribution in [-0.4, -0.2) is 33.3 Å². The Labute approximate surface area is 273 Å². The molecule has 0 atom stereocenters. The van der Waals surface area contributed by atoms with Crippen molar-refractivity contribution < 1.29 is 19.2 Å². The number of anilines is 1. The first-order chi connectivity index (χ1) is 22.8. The van der Waals surface area contributed by atoms with Crippen molar-refractivity contribution in [1.82, 2.24) is 9.97 Å². The monoisotopic (exact) mass is 635 g/mol. The molecule has 5 aromatic rings. The SMILES string of the molecule is O=C1c2ccc3c4c(ccc(c24)C(=O)C1c1nc2ccc(S)cc2c(=O)[nH]1)C(=O)N(c1ccc(C2=CC=CC2)c2c1CCCC2)C3=O. The highest BCUT2D eigenvalue weighted by atomic mass is 32.1. The van der Waals surface area contributed by atoms with Crippen LogP contribution >= 0.6 is 12.6 Å². The average Bonchev–Trinajstić information content (AvgIpc) is 3.62. The lowest BCUT2D eigenvalue weighted by Gasteiger charge is -2.33. The molecule has 2 heterocycles. The van der Waals surface area contributed by atoms with E-state index < -0.39 is 34.9 Å². The Bertz CT molecular complexity index is 2400. The zero-order chi connectivity index (χ0) is 32.1. The number of nitrogens with one attached hydrogen (secondary N) is 1. The Kier molecular flexibility index (Phi) is 5.95. The highest BCUT2D eigenvalue weighted by Gasteiger charge is 2.43. The lowest BCUT2D eigenvalue weighted by atomic mass is 9.76. The number of imide groups is 1. The third-order valence-corrected chi connectivity index (χ3v) is 10.2. The molecule has 9 rings (SSSR count). The molecule has 4 aliphatic rings. The third-order valence-electron chi connectivity index (χ3n) is 9.93. The van der Waals surface area contributed by atoms with E-state index in [1.54, 1.807) is 42.5 Å². The van der Waals surface area contributed by atoms with E-state index >= 15 is 0 Å². The number of carbonyl (C=O) groups is 4. The minimum absolute atomic E-state index is 0.0563. The molecule has 0 fully saturated rings. The summed E-state index contributed by atoms with van der Waals surface area (Å²) in [5.74, 6) is -3.51. The fourth-order valence-corrected chi connectivity index (χ4v) is 7.98. The number of nitrogens with zero attached hydrogens (tertiary/aromatic N) is 2. The minimum atomic E-state index is -1.38. The summed E-state index contributed by atoms with van der Waals surface area (Å²) >= 11 is 4.29. The maximum Gasteiger partial charge on any atom is 0.265 e. The molecule has 1 aromatic heterocycles. The lowest BCUT2D eigenvalue weighted by molar-refractivity contribution is 0.0842. The van der Waals surface area contributed by atoms with Crippen molar-refractivity contribution in [2.45, 2.75) is 42.9 Å². The number of hydrogen-bond acceptors (Lipinski definition) is 7. The van der Waals surface area contributed by atoms with E-state index in [-0.39, 0.29) is 33.5 Å². The second kappa shape index (κ2) is 10.0. The van der Waals surface area contributed by atoms with Crippen molar-refractivity contribution in [2.75, 3.05) is 4.90 Å². The van der Waals surface area contributed by atoms with E-state index in [0.717, 1.165) is 37.7 Å². The van der Waals surface area contributed by atoms with Crippen LogP contribution in [-0.2, 0) is 12.8 Å². The van der Waals surface area contributed by atoms with E-state index in [4.69, 9.17) is 0 Å². The molecule has 9 heteroatoms. The predicted octanol–water partition coefficient (Wildman–Crippen LogP) is 6.55. The second-order valence-electron chi connectivity index (χ2n) is 12.5. The number of amides is 2. The normalized spacial score (nSPS) is 17.2. The number of aromatic nitrogens is 2. The summed E-state index contributed by atoms with van der Waals surface area (Å²) in [6.45, 7) is 0. The van der Waals surface area contributed by atoms with Gasteiger partial charge in [0.15, 0.2) is 11.6 Å². The number of allylic oxidation sites excluding steroid dienone is 4. The van der Waals surface area contributed by atoms with E-state index in [2.05, 4.69) is 40.8 Å². The molecule has 0 spiro atoms. The number of carbonyl (C=O) groups excluding carboxylic acids is 4. The Morgan fingerprint density at radius 3 is 2.06 bits per heavy atom. The van der Waals surface area contributed by atoms with Gasteiger partial charge in [0.05, 0.1) is 16.6 Å². The molecule has 228 valence electrons. The number of rotatable bonds is 3. The molecule has 3 aliphatic carbocycles. The van der Waals surface area contributed by atoms with E-state index in [1.165, 1.54) is 21.6 Å². The minimum Gasteiger partial charge on any atom is -0.309 e. The molecule has 1 aliphatic heterocycles. The van der Waals surface area contributed by atoms with Crippen LogP contribution in [0, 0.1) is 0 Å². The fraction of sp³-hybridized carbons (Fsp3) is 0.158. The first kappa shape index (κ1) is 27.9. The van der Waals surface area contributed by atoms with E-state index in [1.807, 2.05) is 12.1 Å². The van der Waals surface area contributed by atoms with Gasteiger partial charge in [-0.2, -0.15) is 0 Å². The van der Waals surface area contributed by atoms with Gasteiger partial charge in [-0.3, -0.25) is 24.0 Å². The number of thiol groups is 1. The number of Topliss-reactive ketones (excluding diaryl/α,β-unsaturated/α-hetero) is 2. The smallest absolute Gasteiger partial charge is 0.265 e. The molecular weight excluding hydrogens is 611 g/mol. The van der Waals surface area contributed by atoms with Gasteiger partial charge in [0.1, 0.15) is 11.7 Å². The molecule has 0 bridgehead atoms. The Morgan fingerprint density at radius 1 is 0.745 bits per heavy atom. The number of hydrogen-bond donors (Lipinski definition) is 2. The zero-order valence-corrected chi connectivity index (χ0v) is 25.8. The molecule has 0 radical (unpaired) electrons. The van der Waals surface area contributed by atoms with Crippen molar-refractivity contribution in [3.05, 3.63) is 128 Å². The first-order valence-electron chi connectivity index (χ1n) is 15.6. The summed E-state index contributed by atoms with van der Waals surface area (Å²) < 4.78 is 0. The summed E-state index contributed by atoms with van der Waals surface area (Å²) in [6, 6.07) is 15.0. The van der Waals surface area contributed by atoms with Crippen LogP contribution in [0.3, 0.4) is 0 Å². The van der Waals surface area contributed by atoms with Crippen molar-refractivity contribution in [1.29, 1.82) is 0 Å². The van der Waals surface area contributed by atoms with Crippen LogP contribution in [0.15, 0.2) is 82.5 Å². The molecule has 4 aromatic carbocycles. The van der Waals surface area contributed by atoms with Crippen molar-refractivity contribution in [2.24, 2.45) is 0 Å². The maximum atomic E-state index is 14.3. The fourth-order valence-electron chi connectivity index (χ4n) is 7.78. The largest absolute Gasteiger partial charge is 0.309 e. The molecule has 2 amide bonds. The summed E-state index contributed by atoms with van der Waals surface area (Å²) in [7, 11) is 0. The molecule has 0 saturated carbocycles. The van der Waals surface area contributed by atoms with Gasteiger partial charge in [-0.15, -0.1) is 12.6 Å². The van der Waals surface area contributed by atoms with Gasteiger partial charge in [0, 0.05) is 37.9 Å². The highest BCUT2D eigenvalue weighted by Crippen LogP contribution is 2.44. The van der Waals surface area contributed by atoms with Crippen LogP contribution < -0.4 is 10.5 Å². The Morgan fingerprint density at radius 2 is 1.38 bits per heavy atom. The highest BCUT2D eigenvalue weighted by molar-refractivity contribution is 7.80. The number of ketones is 2. The van der Waals surface area contributed by atoms with Gasteiger partial charge in [-0.25, -0.2) is 9.88 Å². The van der Waals surface area contributed by atoms with Crippen LogP contribution in [0.25, 0.3) is 27.2 Å². The molecule has 0 unspecified atom stereocenters. The summed E-state index contributed by atoms with van der Waals surface area (Å²) in [5, 5.41) is 0.884. The van der Waals surface area contributed by atoms with Gasteiger partial charge in [0.2, 0.25) is 0 Å². The molecule has 0 saturated heterocycles. The second-order valence-corrected chi connectivity index (χ2v) is 13.0.